The number of hydrogen-bond donors (Lipinski definition) is 1. The normalized spacial score (nSPS) is 10.8. The smallest absolute Gasteiger partial charge is 0.240 e. The molecule has 0 saturated heterocycles. The van der Waals surface area contributed by atoms with Crippen molar-refractivity contribution in [1.82, 2.24) is 4.72 Å². The summed E-state index contributed by atoms with van der Waals surface area (Å²) in [6, 6.07) is 10.9. The van der Waals surface area contributed by atoms with Crippen molar-refractivity contribution in [3.8, 4) is 23.3 Å². The second-order valence-corrected chi connectivity index (χ2v) is 6.75. The van der Waals surface area contributed by atoms with Crippen LogP contribution in [0, 0.1) is 11.3 Å². The summed E-state index contributed by atoms with van der Waals surface area (Å²) in [6.45, 7) is 0.00582. The Balaban J connectivity index is 2.26. The average Bonchev–Trinajstić information content (AvgIpc) is 2.65. The highest BCUT2D eigenvalue weighted by Gasteiger charge is 2.17. The molecule has 132 valence electrons. The van der Waals surface area contributed by atoms with E-state index in [4.69, 9.17) is 19.5 Å². The van der Waals surface area contributed by atoms with Gasteiger partial charge in [0, 0.05) is 18.2 Å². The van der Waals surface area contributed by atoms with Crippen LogP contribution in [0.1, 0.15) is 11.1 Å². The van der Waals surface area contributed by atoms with E-state index in [1.54, 1.807) is 12.1 Å². The molecule has 0 bridgehead atoms. The van der Waals surface area contributed by atoms with Gasteiger partial charge in [-0.15, -0.1) is 0 Å². The van der Waals surface area contributed by atoms with E-state index in [1.807, 2.05) is 6.07 Å². The van der Waals surface area contributed by atoms with E-state index in [9.17, 15) is 8.42 Å². The highest BCUT2D eigenvalue weighted by atomic mass is 32.2. The quantitative estimate of drug-likeness (QED) is 0.810. The molecule has 0 unspecified atom stereocenters. The van der Waals surface area contributed by atoms with Crippen LogP contribution in [0.25, 0.3) is 0 Å². The third-order valence-electron chi connectivity index (χ3n) is 3.53. The zero-order valence-corrected chi connectivity index (χ0v) is 14.9. The summed E-state index contributed by atoms with van der Waals surface area (Å²) in [5, 5.41) is 8.78. The van der Waals surface area contributed by atoms with Crippen LogP contribution in [0.4, 0.5) is 0 Å². The van der Waals surface area contributed by atoms with Crippen LogP contribution in [-0.2, 0) is 16.6 Å². The number of ether oxygens (including phenoxy) is 3. The van der Waals surface area contributed by atoms with Gasteiger partial charge >= 0.3 is 0 Å². The van der Waals surface area contributed by atoms with Gasteiger partial charge in [0.25, 0.3) is 0 Å². The molecule has 1 N–H and O–H groups in total. The van der Waals surface area contributed by atoms with Crippen LogP contribution < -0.4 is 18.9 Å². The molecule has 0 spiro atoms. The van der Waals surface area contributed by atoms with Gasteiger partial charge < -0.3 is 14.2 Å². The first-order valence-electron chi connectivity index (χ1n) is 7.24. The molecule has 2 aromatic carbocycles. The molecule has 0 atom stereocenters. The van der Waals surface area contributed by atoms with E-state index in [0.717, 1.165) is 0 Å². The van der Waals surface area contributed by atoms with Crippen molar-refractivity contribution in [3.63, 3.8) is 0 Å². The lowest BCUT2D eigenvalue weighted by Gasteiger charge is -2.14. The predicted octanol–water partition coefficient (Wildman–Crippen LogP) is 2.06. The minimum Gasteiger partial charge on any atom is -0.496 e. The van der Waals surface area contributed by atoms with Crippen molar-refractivity contribution < 1.29 is 22.6 Å². The lowest BCUT2D eigenvalue weighted by atomic mass is 10.1. The summed E-state index contributed by atoms with van der Waals surface area (Å²) in [6.07, 6.45) is 0. The topological polar surface area (TPSA) is 97.7 Å². The summed E-state index contributed by atoms with van der Waals surface area (Å²) in [4.78, 5) is 0.0749. The molecule has 0 aliphatic rings. The van der Waals surface area contributed by atoms with E-state index in [2.05, 4.69) is 4.72 Å². The molecule has 0 fully saturated rings. The Bertz CT molecular complexity index is 886. The Morgan fingerprint density at radius 1 is 0.960 bits per heavy atom. The summed E-state index contributed by atoms with van der Waals surface area (Å²) in [5.74, 6) is 1.43. The highest BCUT2D eigenvalue weighted by Crippen LogP contribution is 2.34. The third-order valence-corrected chi connectivity index (χ3v) is 4.95. The number of hydrogen-bond acceptors (Lipinski definition) is 6. The minimum absolute atomic E-state index is 0.00582. The number of nitrogens with zero attached hydrogens (tertiary/aromatic N) is 1. The average molecular weight is 362 g/mol. The summed E-state index contributed by atoms with van der Waals surface area (Å²) >= 11 is 0. The van der Waals surface area contributed by atoms with E-state index >= 15 is 0 Å². The SMILES string of the molecule is COc1cc(OC)c(OC)cc1CNS(=O)(=O)c1ccc(C#N)cc1. The standard InChI is InChI=1S/C17H18N2O5S/c1-22-15-9-17(24-3)16(23-2)8-13(15)11-19-25(20,21)14-6-4-12(10-18)5-7-14/h4-9,19H,11H2,1-3H3. The molecule has 8 heteroatoms. The molecule has 0 amide bonds. The van der Waals surface area contributed by atoms with E-state index in [-0.39, 0.29) is 11.4 Å². The van der Waals surface area contributed by atoms with Crippen molar-refractivity contribution in [3.05, 3.63) is 47.5 Å². The zero-order valence-electron chi connectivity index (χ0n) is 14.1. The van der Waals surface area contributed by atoms with Gasteiger partial charge in [-0.25, -0.2) is 13.1 Å². The number of rotatable bonds is 7. The van der Waals surface area contributed by atoms with E-state index < -0.39 is 10.0 Å². The van der Waals surface area contributed by atoms with Crippen molar-refractivity contribution in [2.45, 2.75) is 11.4 Å². The molecule has 0 heterocycles. The number of nitriles is 1. The summed E-state index contributed by atoms with van der Waals surface area (Å²) in [5.41, 5.74) is 0.984. The monoisotopic (exact) mass is 362 g/mol. The molecule has 25 heavy (non-hydrogen) atoms. The maximum atomic E-state index is 12.4. The van der Waals surface area contributed by atoms with Gasteiger partial charge in [0.1, 0.15) is 5.75 Å². The Morgan fingerprint density at radius 3 is 2.04 bits per heavy atom. The fourth-order valence-electron chi connectivity index (χ4n) is 2.20. The lowest BCUT2D eigenvalue weighted by Crippen LogP contribution is -2.23. The van der Waals surface area contributed by atoms with Crippen LogP contribution in [0.15, 0.2) is 41.3 Å². The van der Waals surface area contributed by atoms with Crippen LogP contribution in [-0.4, -0.2) is 29.7 Å². The first kappa shape index (κ1) is 18.6. The number of sulfonamides is 1. The molecule has 2 rings (SSSR count). The molecule has 0 aliphatic carbocycles. The van der Waals surface area contributed by atoms with Crippen molar-refractivity contribution in [1.29, 1.82) is 5.26 Å². The number of methoxy groups -OCH3 is 3. The third kappa shape index (κ3) is 4.21. The van der Waals surface area contributed by atoms with Gasteiger partial charge in [-0.2, -0.15) is 5.26 Å². The molecule has 2 aromatic rings. The maximum Gasteiger partial charge on any atom is 0.240 e. The summed E-state index contributed by atoms with van der Waals surface area (Å²) in [7, 11) is 0.755. The van der Waals surface area contributed by atoms with Crippen LogP contribution in [0.3, 0.4) is 0 Å². The molecule has 0 saturated carbocycles. The van der Waals surface area contributed by atoms with Crippen LogP contribution in [0.2, 0.25) is 0 Å². The Morgan fingerprint density at radius 2 is 1.52 bits per heavy atom. The van der Waals surface area contributed by atoms with E-state index in [0.29, 0.717) is 28.4 Å². The number of benzene rings is 2. The van der Waals surface area contributed by atoms with Crippen LogP contribution in [0.5, 0.6) is 17.2 Å². The first-order chi connectivity index (χ1) is 11.9. The van der Waals surface area contributed by atoms with Gasteiger partial charge in [0.05, 0.1) is 37.9 Å². The fourth-order valence-corrected chi connectivity index (χ4v) is 3.20. The Labute approximate surface area is 146 Å². The van der Waals surface area contributed by atoms with Crippen molar-refractivity contribution >= 4 is 10.0 Å². The lowest BCUT2D eigenvalue weighted by molar-refractivity contribution is 0.347. The molecular formula is C17H18N2O5S. The second kappa shape index (κ2) is 7.88. The second-order valence-electron chi connectivity index (χ2n) is 4.98. The number of nitrogens with one attached hydrogen (secondary N) is 1. The minimum atomic E-state index is -3.73. The maximum absolute atomic E-state index is 12.4. The van der Waals surface area contributed by atoms with Crippen molar-refractivity contribution in [2.24, 2.45) is 0 Å². The van der Waals surface area contributed by atoms with Crippen LogP contribution >= 0.6 is 0 Å². The fraction of sp³-hybridized carbons (Fsp3) is 0.235. The Kier molecular flexibility index (Phi) is 5.85. The van der Waals surface area contributed by atoms with Gasteiger partial charge in [0.2, 0.25) is 10.0 Å². The summed E-state index contributed by atoms with van der Waals surface area (Å²) < 4.78 is 43.0. The first-order valence-corrected chi connectivity index (χ1v) is 8.72. The zero-order chi connectivity index (χ0) is 18.4. The van der Waals surface area contributed by atoms with Crippen molar-refractivity contribution in [2.75, 3.05) is 21.3 Å². The molecule has 0 aliphatic heterocycles. The van der Waals surface area contributed by atoms with Gasteiger partial charge in [-0.05, 0) is 30.3 Å². The van der Waals surface area contributed by atoms with Gasteiger partial charge in [-0.1, -0.05) is 0 Å². The molecular weight excluding hydrogens is 344 g/mol. The largest absolute Gasteiger partial charge is 0.496 e. The van der Waals surface area contributed by atoms with Gasteiger partial charge in [0.15, 0.2) is 11.5 Å². The predicted molar refractivity (Wildman–Crippen MR) is 91.3 cm³/mol. The van der Waals surface area contributed by atoms with Gasteiger partial charge in [-0.3, -0.25) is 0 Å². The molecule has 7 nitrogen and oxygen atoms in total. The Hall–Kier alpha value is -2.76. The molecule has 0 aromatic heterocycles. The molecule has 0 radical (unpaired) electrons. The highest BCUT2D eigenvalue weighted by molar-refractivity contribution is 7.89. The van der Waals surface area contributed by atoms with E-state index in [1.165, 1.54) is 45.6 Å².